The number of nitrogens with one attached hydrogen (secondary N) is 2. The molecular weight excluding hydrogens is 398 g/mol. The number of ether oxygens (including phenoxy) is 1. The molecule has 2 amide bonds. The van der Waals surface area contributed by atoms with Gasteiger partial charge in [0.25, 0.3) is 5.91 Å². The standard InChI is InChI=1S/C23H31N3O3S/c1-4-13-26(14-5-2)15-20(27)25-23-21(18-7-6-8-19(18)30-23)22(28)24-16-9-11-17(29-3)12-10-16/h9-12H,4-8,13-15H2,1-3H3,(H,24,28)(H,25,27). The van der Waals surface area contributed by atoms with Crippen LogP contribution in [0.3, 0.4) is 0 Å². The van der Waals surface area contributed by atoms with Gasteiger partial charge in [-0.1, -0.05) is 13.8 Å². The summed E-state index contributed by atoms with van der Waals surface area (Å²) in [6, 6.07) is 7.25. The molecule has 1 aliphatic carbocycles. The number of methoxy groups -OCH3 is 1. The van der Waals surface area contributed by atoms with E-state index in [1.54, 1.807) is 18.4 Å². The van der Waals surface area contributed by atoms with Crippen molar-refractivity contribution >= 4 is 33.8 Å². The van der Waals surface area contributed by atoms with E-state index in [2.05, 4.69) is 29.4 Å². The number of rotatable bonds is 10. The van der Waals surface area contributed by atoms with Crippen LogP contribution < -0.4 is 15.4 Å². The monoisotopic (exact) mass is 429 g/mol. The van der Waals surface area contributed by atoms with Crippen LogP contribution in [0.2, 0.25) is 0 Å². The highest BCUT2D eigenvalue weighted by Crippen LogP contribution is 2.39. The van der Waals surface area contributed by atoms with E-state index in [1.165, 1.54) is 4.88 Å². The Morgan fingerprint density at radius 3 is 2.40 bits per heavy atom. The van der Waals surface area contributed by atoms with Crippen LogP contribution >= 0.6 is 11.3 Å². The summed E-state index contributed by atoms with van der Waals surface area (Å²) in [7, 11) is 1.61. The van der Waals surface area contributed by atoms with Crippen LogP contribution in [-0.2, 0) is 17.6 Å². The van der Waals surface area contributed by atoms with Gasteiger partial charge >= 0.3 is 0 Å². The summed E-state index contributed by atoms with van der Waals surface area (Å²) in [5.74, 6) is 0.505. The van der Waals surface area contributed by atoms with Crippen LogP contribution in [0.1, 0.15) is 53.9 Å². The first kappa shape index (κ1) is 22.3. The number of benzene rings is 1. The number of carbonyl (C=O) groups excluding carboxylic acids is 2. The number of fused-ring (bicyclic) bond motifs is 1. The first-order valence-electron chi connectivity index (χ1n) is 10.7. The fraction of sp³-hybridized carbons (Fsp3) is 0.478. The Balaban J connectivity index is 1.75. The molecule has 0 atom stereocenters. The molecule has 6 nitrogen and oxygen atoms in total. The van der Waals surface area contributed by atoms with Crippen LogP contribution in [-0.4, -0.2) is 43.5 Å². The molecule has 1 aliphatic rings. The van der Waals surface area contributed by atoms with Crippen molar-refractivity contribution in [2.45, 2.75) is 46.0 Å². The first-order chi connectivity index (χ1) is 14.5. The molecule has 1 aromatic carbocycles. The number of amides is 2. The molecule has 162 valence electrons. The zero-order valence-corrected chi connectivity index (χ0v) is 18.9. The predicted molar refractivity (Wildman–Crippen MR) is 123 cm³/mol. The lowest BCUT2D eigenvalue weighted by atomic mass is 10.1. The predicted octanol–water partition coefficient (Wildman–Crippen LogP) is 4.56. The maximum absolute atomic E-state index is 13.1. The van der Waals surface area contributed by atoms with Crippen LogP contribution in [0.25, 0.3) is 0 Å². The van der Waals surface area contributed by atoms with E-state index in [0.717, 1.165) is 56.5 Å². The maximum atomic E-state index is 13.1. The molecule has 0 radical (unpaired) electrons. The van der Waals surface area contributed by atoms with Crippen molar-refractivity contribution in [1.29, 1.82) is 0 Å². The van der Waals surface area contributed by atoms with E-state index in [0.29, 0.717) is 22.8 Å². The Hall–Kier alpha value is -2.38. The Bertz CT molecular complexity index is 871. The number of nitrogens with zero attached hydrogens (tertiary/aromatic N) is 1. The van der Waals surface area contributed by atoms with Crippen molar-refractivity contribution in [3.8, 4) is 5.75 Å². The zero-order valence-electron chi connectivity index (χ0n) is 18.0. The summed E-state index contributed by atoms with van der Waals surface area (Å²) < 4.78 is 5.17. The minimum absolute atomic E-state index is 0.0599. The van der Waals surface area contributed by atoms with Crippen molar-refractivity contribution in [3.63, 3.8) is 0 Å². The third-order valence-electron chi connectivity index (χ3n) is 5.20. The number of aryl methyl sites for hydroxylation is 1. The van der Waals surface area contributed by atoms with E-state index in [1.807, 2.05) is 24.3 Å². The molecule has 30 heavy (non-hydrogen) atoms. The third-order valence-corrected chi connectivity index (χ3v) is 6.40. The van der Waals surface area contributed by atoms with Crippen molar-refractivity contribution in [1.82, 2.24) is 4.90 Å². The Morgan fingerprint density at radius 1 is 1.07 bits per heavy atom. The second-order valence-electron chi connectivity index (χ2n) is 7.57. The van der Waals surface area contributed by atoms with Gasteiger partial charge in [-0.25, -0.2) is 0 Å². The lowest BCUT2D eigenvalue weighted by molar-refractivity contribution is -0.117. The second kappa shape index (κ2) is 10.6. The molecule has 2 N–H and O–H groups in total. The van der Waals surface area contributed by atoms with Gasteiger partial charge in [0, 0.05) is 10.6 Å². The van der Waals surface area contributed by atoms with Crippen LogP contribution in [0, 0.1) is 0 Å². The van der Waals surface area contributed by atoms with Crippen LogP contribution in [0.5, 0.6) is 5.75 Å². The van der Waals surface area contributed by atoms with E-state index < -0.39 is 0 Å². The lowest BCUT2D eigenvalue weighted by Gasteiger charge is -2.20. The van der Waals surface area contributed by atoms with Gasteiger partial charge in [-0.05, 0) is 75.0 Å². The Morgan fingerprint density at radius 2 is 1.77 bits per heavy atom. The topological polar surface area (TPSA) is 70.7 Å². The van der Waals surface area contributed by atoms with Gasteiger partial charge in [0.1, 0.15) is 10.8 Å². The van der Waals surface area contributed by atoms with E-state index in [-0.39, 0.29) is 11.8 Å². The molecule has 0 saturated carbocycles. The fourth-order valence-electron chi connectivity index (χ4n) is 3.87. The summed E-state index contributed by atoms with van der Waals surface area (Å²) >= 11 is 1.54. The number of hydrogen-bond acceptors (Lipinski definition) is 5. The largest absolute Gasteiger partial charge is 0.497 e. The average molecular weight is 430 g/mol. The zero-order chi connectivity index (χ0) is 21.5. The van der Waals surface area contributed by atoms with Crippen molar-refractivity contribution in [2.24, 2.45) is 0 Å². The normalized spacial score (nSPS) is 12.7. The molecule has 0 aliphatic heterocycles. The second-order valence-corrected chi connectivity index (χ2v) is 8.67. The number of thiophene rings is 1. The number of anilines is 2. The molecule has 1 aromatic heterocycles. The SMILES string of the molecule is CCCN(CCC)CC(=O)Nc1sc2c(c1C(=O)Nc1ccc(OC)cc1)CCC2. The highest BCUT2D eigenvalue weighted by Gasteiger charge is 2.27. The molecule has 0 spiro atoms. The van der Waals surface area contributed by atoms with Gasteiger partial charge in [-0.15, -0.1) is 11.3 Å². The van der Waals surface area contributed by atoms with Crippen LogP contribution in [0.15, 0.2) is 24.3 Å². The van der Waals surface area contributed by atoms with Gasteiger partial charge < -0.3 is 15.4 Å². The highest BCUT2D eigenvalue weighted by atomic mass is 32.1. The summed E-state index contributed by atoms with van der Waals surface area (Å²) in [6.45, 7) is 6.38. The summed E-state index contributed by atoms with van der Waals surface area (Å²) in [6.07, 6.45) is 4.92. The summed E-state index contributed by atoms with van der Waals surface area (Å²) in [5.41, 5.74) is 2.41. The average Bonchev–Trinajstić information content (AvgIpc) is 3.29. The quantitative estimate of drug-likeness (QED) is 0.581. The molecular formula is C23H31N3O3S. The summed E-state index contributed by atoms with van der Waals surface area (Å²) in [4.78, 5) is 29.2. The summed E-state index contributed by atoms with van der Waals surface area (Å²) in [5, 5.41) is 6.67. The maximum Gasteiger partial charge on any atom is 0.258 e. The Labute approximate surface area is 182 Å². The van der Waals surface area contributed by atoms with Gasteiger partial charge in [0.05, 0.1) is 19.2 Å². The molecule has 0 unspecified atom stereocenters. The molecule has 0 saturated heterocycles. The first-order valence-corrected chi connectivity index (χ1v) is 11.5. The third kappa shape index (κ3) is 5.40. The smallest absolute Gasteiger partial charge is 0.258 e. The minimum atomic E-state index is -0.172. The fourth-order valence-corrected chi connectivity index (χ4v) is 5.18. The Kier molecular flexibility index (Phi) is 7.87. The van der Waals surface area contributed by atoms with Gasteiger partial charge in [0.2, 0.25) is 5.91 Å². The lowest BCUT2D eigenvalue weighted by Crippen LogP contribution is -2.34. The molecule has 3 rings (SSSR count). The van der Waals surface area contributed by atoms with Gasteiger partial charge in [0.15, 0.2) is 0 Å². The van der Waals surface area contributed by atoms with E-state index in [9.17, 15) is 9.59 Å². The number of carbonyl (C=O) groups is 2. The molecule has 7 heteroatoms. The number of hydrogen-bond donors (Lipinski definition) is 2. The van der Waals surface area contributed by atoms with Crippen LogP contribution in [0.4, 0.5) is 10.7 Å². The van der Waals surface area contributed by atoms with Crippen molar-refractivity contribution < 1.29 is 14.3 Å². The van der Waals surface area contributed by atoms with E-state index in [4.69, 9.17) is 4.74 Å². The van der Waals surface area contributed by atoms with Crippen molar-refractivity contribution in [2.75, 3.05) is 37.4 Å². The van der Waals surface area contributed by atoms with Gasteiger partial charge in [-0.3, -0.25) is 14.5 Å². The molecule has 0 bridgehead atoms. The van der Waals surface area contributed by atoms with Gasteiger partial charge in [-0.2, -0.15) is 0 Å². The highest BCUT2D eigenvalue weighted by molar-refractivity contribution is 7.17. The van der Waals surface area contributed by atoms with Crippen molar-refractivity contribution in [3.05, 3.63) is 40.3 Å². The van der Waals surface area contributed by atoms with E-state index >= 15 is 0 Å². The molecule has 2 aromatic rings. The molecule has 0 fully saturated rings. The molecule has 1 heterocycles. The minimum Gasteiger partial charge on any atom is -0.497 e.